The summed E-state index contributed by atoms with van der Waals surface area (Å²) in [6.45, 7) is 10.3. The summed E-state index contributed by atoms with van der Waals surface area (Å²) in [7, 11) is 3.97. The van der Waals surface area contributed by atoms with Crippen LogP contribution in [0.5, 0.6) is 0 Å². The van der Waals surface area contributed by atoms with Crippen LogP contribution in [0.2, 0.25) is 0 Å². The Labute approximate surface area is 152 Å². The molecule has 0 aliphatic heterocycles. The van der Waals surface area contributed by atoms with E-state index in [0.29, 0.717) is 18.9 Å². The van der Waals surface area contributed by atoms with Gasteiger partial charge in [0.2, 0.25) is 11.8 Å². The van der Waals surface area contributed by atoms with Gasteiger partial charge in [-0.2, -0.15) is 0 Å². The summed E-state index contributed by atoms with van der Waals surface area (Å²) >= 11 is 0. The minimum atomic E-state index is 0.0175. The minimum absolute atomic E-state index is 0.0175. The summed E-state index contributed by atoms with van der Waals surface area (Å²) in [5.74, 6) is 0.399. The van der Waals surface area contributed by atoms with Crippen molar-refractivity contribution in [2.24, 2.45) is 5.92 Å². The molecule has 0 radical (unpaired) electrons. The van der Waals surface area contributed by atoms with Gasteiger partial charge in [-0.1, -0.05) is 20.8 Å². The third-order valence-electron chi connectivity index (χ3n) is 4.31. The highest BCUT2D eigenvalue weighted by atomic mass is 16.2. The summed E-state index contributed by atoms with van der Waals surface area (Å²) in [5.41, 5.74) is 2.86. The molecule has 0 heterocycles. The van der Waals surface area contributed by atoms with E-state index in [9.17, 15) is 9.59 Å². The van der Waals surface area contributed by atoms with Crippen LogP contribution in [0.3, 0.4) is 0 Å². The van der Waals surface area contributed by atoms with Crippen LogP contribution in [0.1, 0.15) is 53.0 Å². The van der Waals surface area contributed by atoms with Crippen molar-refractivity contribution in [3.63, 3.8) is 0 Å². The number of rotatable bonds is 8. The van der Waals surface area contributed by atoms with Gasteiger partial charge in [-0.05, 0) is 43.0 Å². The van der Waals surface area contributed by atoms with Crippen molar-refractivity contribution in [1.29, 1.82) is 0 Å². The van der Waals surface area contributed by atoms with Crippen molar-refractivity contribution in [3.8, 4) is 0 Å². The SMILES string of the molecule is CCC(C)N(Cc1cc(NC(=O)CC(C)C)ccc1N(C)C)C(C)=O. The van der Waals surface area contributed by atoms with Crippen molar-refractivity contribution < 1.29 is 9.59 Å². The molecule has 1 aromatic rings. The van der Waals surface area contributed by atoms with Crippen LogP contribution in [-0.2, 0) is 16.1 Å². The number of benzene rings is 1. The molecule has 0 aliphatic carbocycles. The van der Waals surface area contributed by atoms with Gasteiger partial charge in [0.05, 0.1) is 0 Å². The lowest BCUT2D eigenvalue weighted by atomic mass is 10.1. The predicted octanol–water partition coefficient (Wildman–Crippen LogP) is 3.88. The quantitative estimate of drug-likeness (QED) is 0.776. The van der Waals surface area contributed by atoms with Crippen LogP contribution in [0.4, 0.5) is 11.4 Å². The first-order chi connectivity index (χ1) is 11.6. The standard InChI is InChI=1S/C20H33N3O2/c1-8-15(4)23(16(5)24)13-17-12-18(9-10-19(17)22(6)7)21-20(25)11-14(2)3/h9-10,12,14-15H,8,11,13H2,1-7H3,(H,21,25). The minimum Gasteiger partial charge on any atom is -0.377 e. The van der Waals surface area contributed by atoms with Gasteiger partial charge in [0.1, 0.15) is 0 Å². The Morgan fingerprint density at radius 1 is 1.16 bits per heavy atom. The summed E-state index contributed by atoms with van der Waals surface area (Å²) in [4.78, 5) is 28.0. The fourth-order valence-corrected chi connectivity index (χ4v) is 2.79. The van der Waals surface area contributed by atoms with Crippen LogP contribution in [0.25, 0.3) is 0 Å². The van der Waals surface area contributed by atoms with E-state index in [0.717, 1.165) is 23.4 Å². The average molecular weight is 348 g/mol. The Morgan fingerprint density at radius 3 is 2.28 bits per heavy atom. The van der Waals surface area contributed by atoms with E-state index in [4.69, 9.17) is 0 Å². The lowest BCUT2D eigenvalue weighted by Gasteiger charge is -2.29. The lowest BCUT2D eigenvalue weighted by Crippen LogP contribution is -2.36. The molecule has 0 saturated carbocycles. The normalized spacial score (nSPS) is 12.0. The molecule has 2 amide bonds. The van der Waals surface area contributed by atoms with E-state index in [1.165, 1.54) is 0 Å². The molecule has 140 valence electrons. The Kier molecular flexibility index (Phi) is 7.94. The molecule has 0 saturated heterocycles. The van der Waals surface area contributed by atoms with Crippen molar-refractivity contribution in [2.45, 2.75) is 60.0 Å². The third-order valence-corrected chi connectivity index (χ3v) is 4.31. The Balaban J connectivity index is 3.10. The maximum Gasteiger partial charge on any atom is 0.224 e. The average Bonchev–Trinajstić information content (AvgIpc) is 2.50. The Bertz CT molecular complexity index is 597. The molecule has 0 fully saturated rings. The van der Waals surface area contributed by atoms with E-state index >= 15 is 0 Å². The van der Waals surface area contributed by atoms with Crippen LogP contribution in [0.15, 0.2) is 18.2 Å². The number of nitrogens with zero attached hydrogens (tertiary/aromatic N) is 2. The second-order valence-electron chi connectivity index (χ2n) is 7.29. The molecule has 1 N–H and O–H groups in total. The highest BCUT2D eigenvalue weighted by Gasteiger charge is 2.18. The van der Waals surface area contributed by atoms with Gasteiger partial charge in [0.15, 0.2) is 0 Å². The molecule has 0 aliphatic rings. The fourth-order valence-electron chi connectivity index (χ4n) is 2.79. The van der Waals surface area contributed by atoms with Crippen LogP contribution in [-0.4, -0.2) is 36.9 Å². The van der Waals surface area contributed by atoms with Gasteiger partial charge >= 0.3 is 0 Å². The molecule has 0 spiro atoms. The van der Waals surface area contributed by atoms with Gasteiger partial charge in [-0.25, -0.2) is 0 Å². The van der Waals surface area contributed by atoms with Crippen molar-refractivity contribution in [2.75, 3.05) is 24.3 Å². The number of amides is 2. The number of carbonyl (C=O) groups excluding carboxylic acids is 2. The maximum atomic E-state index is 12.1. The highest BCUT2D eigenvalue weighted by molar-refractivity contribution is 5.91. The first-order valence-corrected chi connectivity index (χ1v) is 9.03. The molecule has 25 heavy (non-hydrogen) atoms. The van der Waals surface area contributed by atoms with Gasteiger partial charge < -0.3 is 15.1 Å². The molecular weight excluding hydrogens is 314 g/mol. The number of hydrogen-bond acceptors (Lipinski definition) is 3. The number of anilines is 2. The third kappa shape index (κ3) is 6.40. The van der Waals surface area contributed by atoms with Gasteiger partial charge in [-0.3, -0.25) is 9.59 Å². The van der Waals surface area contributed by atoms with Gasteiger partial charge in [0, 0.05) is 51.4 Å². The number of nitrogens with one attached hydrogen (secondary N) is 1. The predicted molar refractivity (Wildman–Crippen MR) is 105 cm³/mol. The summed E-state index contributed by atoms with van der Waals surface area (Å²) in [6, 6.07) is 6.06. The van der Waals surface area contributed by atoms with Gasteiger partial charge in [0.25, 0.3) is 0 Å². The first-order valence-electron chi connectivity index (χ1n) is 9.03. The van der Waals surface area contributed by atoms with Gasteiger partial charge in [-0.15, -0.1) is 0 Å². The molecular formula is C20H33N3O2. The maximum absolute atomic E-state index is 12.1. The highest BCUT2D eigenvalue weighted by Crippen LogP contribution is 2.26. The lowest BCUT2D eigenvalue weighted by molar-refractivity contribution is -0.131. The second kappa shape index (κ2) is 9.44. The molecule has 0 aromatic heterocycles. The number of hydrogen-bond donors (Lipinski definition) is 1. The van der Waals surface area contributed by atoms with Crippen LogP contribution < -0.4 is 10.2 Å². The molecule has 1 aromatic carbocycles. The topological polar surface area (TPSA) is 52.7 Å². The van der Waals surface area contributed by atoms with Crippen molar-refractivity contribution >= 4 is 23.2 Å². The molecule has 1 rings (SSSR count). The van der Waals surface area contributed by atoms with E-state index in [1.807, 2.05) is 55.9 Å². The van der Waals surface area contributed by atoms with E-state index < -0.39 is 0 Å². The van der Waals surface area contributed by atoms with E-state index in [1.54, 1.807) is 6.92 Å². The summed E-state index contributed by atoms with van der Waals surface area (Å²) < 4.78 is 0. The van der Waals surface area contributed by atoms with Crippen LogP contribution in [0, 0.1) is 5.92 Å². The molecule has 0 bridgehead atoms. The summed E-state index contributed by atoms with van der Waals surface area (Å²) in [6.07, 6.45) is 1.40. The van der Waals surface area contributed by atoms with E-state index in [2.05, 4.69) is 19.2 Å². The Hall–Kier alpha value is -2.04. The fraction of sp³-hybridized carbons (Fsp3) is 0.600. The molecule has 5 heteroatoms. The Morgan fingerprint density at radius 2 is 1.80 bits per heavy atom. The first kappa shape index (κ1) is 21.0. The molecule has 5 nitrogen and oxygen atoms in total. The molecule has 1 unspecified atom stereocenters. The number of carbonyl (C=O) groups is 2. The largest absolute Gasteiger partial charge is 0.377 e. The van der Waals surface area contributed by atoms with Crippen molar-refractivity contribution in [1.82, 2.24) is 4.90 Å². The van der Waals surface area contributed by atoms with Crippen molar-refractivity contribution in [3.05, 3.63) is 23.8 Å². The molecule has 1 atom stereocenters. The zero-order valence-electron chi connectivity index (χ0n) is 16.7. The zero-order valence-corrected chi connectivity index (χ0v) is 16.7. The smallest absolute Gasteiger partial charge is 0.224 e. The monoisotopic (exact) mass is 347 g/mol. The van der Waals surface area contributed by atoms with Crippen LogP contribution >= 0.6 is 0 Å². The summed E-state index contributed by atoms with van der Waals surface area (Å²) in [5, 5.41) is 2.96. The second-order valence-corrected chi connectivity index (χ2v) is 7.29. The zero-order chi connectivity index (χ0) is 19.1. The van der Waals surface area contributed by atoms with E-state index in [-0.39, 0.29) is 17.9 Å².